The molecular formula is C20H21ClN2O5. The molecule has 1 N–H and O–H groups in total. The molecule has 8 heteroatoms. The standard InChI is InChI=1S/C20H21ClN2O5/c1-12(18(25)22-14-6-4-5-13(21)11-14)28-17(24)9-10-23-19(26)15-7-2-3-8-16(15)20(23)27/h2-6,11-12,15-16H,7-10H2,1H3,(H,22,25)/t12-,15-,16+/m0/s1. The quantitative estimate of drug-likeness (QED) is 0.447. The Morgan fingerprint density at radius 1 is 1.21 bits per heavy atom. The summed E-state index contributed by atoms with van der Waals surface area (Å²) in [6, 6.07) is 6.60. The molecule has 2 aliphatic rings. The van der Waals surface area contributed by atoms with Crippen LogP contribution in [0.15, 0.2) is 36.4 Å². The second kappa shape index (κ2) is 8.56. The van der Waals surface area contributed by atoms with Crippen molar-refractivity contribution in [3.05, 3.63) is 41.4 Å². The summed E-state index contributed by atoms with van der Waals surface area (Å²) < 4.78 is 5.12. The summed E-state index contributed by atoms with van der Waals surface area (Å²) in [7, 11) is 0. The number of anilines is 1. The van der Waals surface area contributed by atoms with Crippen LogP contribution in [0.25, 0.3) is 0 Å². The maximum absolute atomic E-state index is 12.4. The molecule has 28 heavy (non-hydrogen) atoms. The first kappa shape index (κ1) is 20.1. The SMILES string of the molecule is C[C@H](OC(=O)CCN1C(=O)[C@H]2CC=CC[C@H]2C1=O)C(=O)Nc1cccc(Cl)c1. The van der Waals surface area contributed by atoms with E-state index in [0.717, 1.165) is 4.90 Å². The number of benzene rings is 1. The number of nitrogens with one attached hydrogen (secondary N) is 1. The Balaban J connectivity index is 1.48. The van der Waals surface area contributed by atoms with Crippen molar-refractivity contribution in [3.8, 4) is 0 Å². The first-order chi connectivity index (χ1) is 13.4. The van der Waals surface area contributed by atoms with Gasteiger partial charge in [0, 0.05) is 17.3 Å². The number of rotatable bonds is 6. The molecule has 148 valence electrons. The second-order valence-electron chi connectivity index (χ2n) is 6.87. The molecule has 0 aromatic heterocycles. The van der Waals surface area contributed by atoms with Gasteiger partial charge in [0.2, 0.25) is 11.8 Å². The van der Waals surface area contributed by atoms with Gasteiger partial charge in [-0.2, -0.15) is 0 Å². The lowest BCUT2D eigenvalue weighted by atomic mass is 9.85. The lowest BCUT2D eigenvalue weighted by molar-refractivity contribution is -0.154. The summed E-state index contributed by atoms with van der Waals surface area (Å²) >= 11 is 5.86. The van der Waals surface area contributed by atoms with E-state index in [9.17, 15) is 19.2 Å². The van der Waals surface area contributed by atoms with Crippen molar-refractivity contribution < 1.29 is 23.9 Å². The van der Waals surface area contributed by atoms with Gasteiger partial charge in [-0.15, -0.1) is 0 Å². The molecule has 1 aromatic carbocycles. The summed E-state index contributed by atoms with van der Waals surface area (Å²) in [5.41, 5.74) is 0.491. The van der Waals surface area contributed by atoms with Gasteiger partial charge in [0.15, 0.2) is 6.10 Å². The number of amides is 3. The van der Waals surface area contributed by atoms with E-state index in [4.69, 9.17) is 16.3 Å². The van der Waals surface area contributed by atoms with Gasteiger partial charge in [-0.1, -0.05) is 29.8 Å². The Morgan fingerprint density at radius 2 is 1.86 bits per heavy atom. The van der Waals surface area contributed by atoms with Crippen molar-refractivity contribution in [1.82, 2.24) is 4.90 Å². The minimum absolute atomic E-state index is 0.0356. The molecule has 7 nitrogen and oxygen atoms in total. The van der Waals surface area contributed by atoms with E-state index >= 15 is 0 Å². The number of halogens is 1. The van der Waals surface area contributed by atoms with Crippen LogP contribution in [0.5, 0.6) is 0 Å². The van der Waals surface area contributed by atoms with E-state index in [1.807, 2.05) is 12.2 Å². The van der Waals surface area contributed by atoms with Crippen molar-refractivity contribution in [2.45, 2.75) is 32.3 Å². The molecule has 1 aromatic rings. The summed E-state index contributed by atoms with van der Waals surface area (Å²) in [5.74, 6) is -2.27. The first-order valence-electron chi connectivity index (χ1n) is 9.13. The fourth-order valence-corrected chi connectivity index (χ4v) is 3.60. The molecule has 1 heterocycles. The minimum atomic E-state index is -1.02. The maximum atomic E-state index is 12.4. The third kappa shape index (κ3) is 4.42. The summed E-state index contributed by atoms with van der Waals surface area (Å²) in [5, 5.41) is 3.08. The van der Waals surface area contributed by atoms with Crippen LogP contribution < -0.4 is 5.32 Å². The van der Waals surface area contributed by atoms with Gasteiger partial charge in [0.25, 0.3) is 5.91 Å². The zero-order valence-corrected chi connectivity index (χ0v) is 16.1. The van der Waals surface area contributed by atoms with Crippen molar-refractivity contribution in [2.75, 3.05) is 11.9 Å². The highest BCUT2D eigenvalue weighted by Crippen LogP contribution is 2.35. The van der Waals surface area contributed by atoms with Crippen molar-refractivity contribution in [1.29, 1.82) is 0 Å². The van der Waals surface area contributed by atoms with E-state index < -0.39 is 18.0 Å². The van der Waals surface area contributed by atoms with Crippen LogP contribution >= 0.6 is 11.6 Å². The van der Waals surface area contributed by atoms with Crippen molar-refractivity contribution in [2.24, 2.45) is 11.8 Å². The minimum Gasteiger partial charge on any atom is -0.452 e. The zero-order chi connectivity index (χ0) is 20.3. The molecule has 0 saturated carbocycles. The van der Waals surface area contributed by atoms with Crippen LogP contribution in [0.3, 0.4) is 0 Å². The van der Waals surface area contributed by atoms with Gasteiger partial charge in [-0.3, -0.25) is 24.1 Å². The Bertz CT molecular complexity index is 812. The highest BCUT2D eigenvalue weighted by Gasteiger charge is 2.47. The molecule has 1 aliphatic heterocycles. The molecule has 3 atom stereocenters. The fraction of sp³-hybridized carbons (Fsp3) is 0.400. The Hall–Kier alpha value is -2.67. The van der Waals surface area contributed by atoms with Gasteiger partial charge in [0.1, 0.15) is 0 Å². The number of carbonyl (C=O) groups excluding carboxylic acids is 4. The van der Waals surface area contributed by atoms with Crippen LogP contribution in [-0.4, -0.2) is 41.2 Å². The summed E-state index contributed by atoms with van der Waals surface area (Å²) in [6.07, 6.45) is 3.74. The van der Waals surface area contributed by atoms with E-state index in [1.165, 1.54) is 6.92 Å². The number of allylic oxidation sites excluding steroid dienone is 2. The number of fused-ring (bicyclic) bond motifs is 1. The molecule has 1 fully saturated rings. The number of hydrogen-bond donors (Lipinski definition) is 1. The number of carbonyl (C=O) groups is 4. The van der Waals surface area contributed by atoms with E-state index in [2.05, 4.69) is 5.32 Å². The Morgan fingerprint density at radius 3 is 2.46 bits per heavy atom. The topological polar surface area (TPSA) is 92.8 Å². The average Bonchev–Trinajstić information content (AvgIpc) is 2.91. The molecule has 3 amide bonds. The van der Waals surface area contributed by atoms with Gasteiger partial charge in [-0.25, -0.2) is 0 Å². The van der Waals surface area contributed by atoms with Crippen molar-refractivity contribution in [3.63, 3.8) is 0 Å². The molecule has 0 spiro atoms. The third-order valence-corrected chi connectivity index (χ3v) is 5.14. The number of esters is 1. The largest absolute Gasteiger partial charge is 0.452 e. The van der Waals surface area contributed by atoms with Crippen LogP contribution in [-0.2, 0) is 23.9 Å². The molecule has 0 unspecified atom stereocenters. The van der Waals surface area contributed by atoms with Crippen LogP contribution in [0.2, 0.25) is 5.02 Å². The number of hydrogen-bond acceptors (Lipinski definition) is 5. The molecule has 1 aliphatic carbocycles. The first-order valence-corrected chi connectivity index (χ1v) is 9.50. The maximum Gasteiger partial charge on any atom is 0.308 e. The Kier molecular flexibility index (Phi) is 6.14. The zero-order valence-electron chi connectivity index (χ0n) is 15.4. The van der Waals surface area contributed by atoms with Gasteiger partial charge in [-0.05, 0) is 38.0 Å². The van der Waals surface area contributed by atoms with Gasteiger partial charge >= 0.3 is 5.97 Å². The number of nitrogens with zero attached hydrogens (tertiary/aromatic N) is 1. The molecule has 0 bridgehead atoms. The van der Waals surface area contributed by atoms with Crippen molar-refractivity contribution >= 4 is 41.0 Å². The summed E-state index contributed by atoms with van der Waals surface area (Å²) in [4.78, 5) is 50.1. The monoisotopic (exact) mass is 404 g/mol. The fourth-order valence-electron chi connectivity index (χ4n) is 3.41. The molecular weight excluding hydrogens is 384 g/mol. The number of likely N-dealkylation sites (tertiary alicyclic amines) is 1. The van der Waals surface area contributed by atoms with Crippen LogP contribution in [0.4, 0.5) is 5.69 Å². The lowest BCUT2D eigenvalue weighted by Crippen LogP contribution is -2.35. The molecule has 0 radical (unpaired) electrons. The average molecular weight is 405 g/mol. The predicted octanol–water partition coefficient (Wildman–Crippen LogP) is 2.55. The van der Waals surface area contributed by atoms with E-state index in [1.54, 1.807) is 24.3 Å². The highest BCUT2D eigenvalue weighted by atomic mass is 35.5. The van der Waals surface area contributed by atoms with Gasteiger partial charge < -0.3 is 10.1 Å². The Labute approximate surface area is 167 Å². The predicted molar refractivity (Wildman–Crippen MR) is 102 cm³/mol. The molecule has 3 rings (SSSR count). The highest BCUT2D eigenvalue weighted by molar-refractivity contribution is 6.30. The van der Waals surface area contributed by atoms with Crippen LogP contribution in [0.1, 0.15) is 26.2 Å². The van der Waals surface area contributed by atoms with E-state index in [0.29, 0.717) is 23.6 Å². The lowest BCUT2D eigenvalue weighted by Gasteiger charge is -2.16. The number of imide groups is 1. The van der Waals surface area contributed by atoms with Gasteiger partial charge in [0.05, 0.1) is 18.3 Å². The number of ether oxygens (including phenoxy) is 1. The smallest absolute Gasteiger partial charge is 0.308 e. The van der Waals surface area contributed by atoms with E-state index in [-0.39, 0.29) is 36.6 Å². The second-order valence-corrected chi connectivity index (χ2v) is 7.30. The third-order valence-electron chi connectivity index (χ3n) is 4.91. The molecule has 1 saturated heterocycles. The summed E-state index contributed by atoms with van der Waals surface area (Å²) in [6.45, 7) is 1.41. The van der Waals surface area contributed by atoms with Crippen LogP contribution in [0, 0.1) is 11.8 Å². The normalized spacial score (nSPS) is 22.0.